The zero-order chi connectivity index (χ0) is 17.8. The lowest BCUT2D eigenvalue weighted by Gasteiger charge is -2.32. The van der Waals surface area contributed by atoms with Crippen molar-refractivity contribution in [1.29, 1.82) is 0 Å². The number of likely N-dealkylation sites (N-methyl/N-ethyl adjacent to an activating group) is 1. The molecule has 3 rings (SSSR count). The molecule has 1 saturated heterocycles. The molecule has 0 aliphatic carbocycles. The number of hydrogen-bond donors (Lipinski definition) is 1. The van der Waals surface area contributed by atoms with Crippen LogP contribution >= 0.6 is 48.0 Å². The molecule has 1 unspecified atom stereocenters. The summed E-state index contributed by atoms with van der Waals surface area (Å²) in [4.78, 5) is 18.7. The van der Waals surface area contributed by atoms with Crippen LogP contribution in [0, 0.1) is 0 Å². The number of piperidine rings is 1. The number of halogens is 4. The standard InChI is InChI=1S/C18H19Cl2N3O2.2ClH/c1-21-13-4-3-9-23(11-13)18(24)12-7-8-16(22-10-12)25-15-6-2-5-14(19)17(15)20;;/h2,5-8,10,13,21H,3-4,9,11H2,1H3;2*1H. The molecule has 1 N–H and O–H groups in total. The summed E-state index contributed by atoms with van der Waals surface area (Å²) < 4.78 is 5.64. The van der Waals surface area contributed by atoms with Crippen molar-refractivity contribution in [2.24, 2.45) is 0 Å². The van der Waals surface area contributed by atoms with Crippen LogP contribution in [0.25, 0.3) is 0 Å². The highest BCUT2D eigenvalue weighted by Crippen LogP contribution is 2.34. The number of ether oxygens (including phenoxy) is 1. The molecule has 9 heteroatoms. The summed E-state index contributed by atoms with van der Waals surface area (Å²) in [5.74, 6) is 0.765. The summed E-state index contributed by atoms with van der Waals surface area (Å²) in [5, 5.41) is 3.98. The Balaban J connectivity index is 0.00000182. The molecule has 1 fully saturated rings. The average Bonchev–Trinajstić information content (AvgIpc) is 2.65. The van der Waals surface area contributed by atoms with Gasteiger partial charge in [-0.15, -0.1) is 24.8 Å². The lowest BCUT2D eigenvalue weighted by atomic mass is 10.1. The highest BCUT2D eigenvalue weighted by atomic mass is 35.5. The van der Waals surface area contributed by atoms with Crippen molar-refractivity contribution in [2.45, 2.75) is 18.9 Å². The second-order valence-corrected chi connectivity index (χ2v) is 6.70. The van der Waals surface area contributed by atoms with Crippen molar-refractivity contribution >= 4 is 53.9 Å². The van der Waals surface area contributed by atoms with Gasteiger partial charge in [0.1, 0.15) is 10.8 Å². The van der Waals surface area contributed by atoms with Crippen molar-refractivity contribution in [3.05, 3.63) is 52.1 Å². The van der Waals surface area contributed by atoms with E-state index >= 15 is 0 Å². The number of carbonyl (C=O) groups is 1. The summed E-state index contributed by atoms with van der Waals surface area (Å²) in [6.45, 7) is 1.49. The van der Waals surface area contributed by atoms with Gasteiger partial charge in [-0.2, -0.15) is 0 Å². The van der Waals surface area contributed by atoms with Gasteiger partial charge in [-0.25, -0.2) is 4.98 Å². The summed E-state index contributed by atoms with van der Waals surface area (Å²) in [7, 11) is 1.92. The van der Waals surface area contributed by atoms with E-state index in [0.29, 0.717) is 39.8 Å². The predicted octanol–water partition coefficient (Wildman–Crippen LogP) is 4.85. The number of rotatable bonds is 4. The van der Waals surface area contributed by atoms with Crippen LogP contribution in [0.3, 0.4) is 0 Å². The van der Waals surface area contributed by atoms with Crippen LogP contribution in [0.15, 0.2) is 36.5 Å². The first-order valence-corrected chi connectivity index (χ1v) is 8.88. The number of amides is 1. The molecule has 5 nitrogen and oxygen atoms in total. The van der Waals surface area contributed by atoms with Crippen molar-refractivity contribution in [2.75, 3.05) is 20.1 Å². The molecule has 0 bridgehead atoms. The smallest absolute Gasteiger partial charge is 0.255 e. The molecule has 2 aromatic rings. The molecule has 1 amide bonds. The van der Waals surface area contributed by atoms with Crippen molar-refractivity contribution in [3.8, 4) is 11.6 Å². The van der Waals surface area contributed by atoms with Gasteiger partial charge in [-0.1, -0.05) is 29.3 Å². The van der Waals surface area contributed by atoms with E-state index in [2.05, 4.69) is 10.3 Å². The Morgan fingerprint density at radius 1 is 1.26 bits per heavy atom. The maximum absolute atomic E-state index is 12.6. The average molecular weight is 453 g/mol. The van der Waals surface area contributed by atoms with E-state index in [1.54, 1.807) is 30.3 Å². The third kappa shape index (κ3) is 5.87. The highest BCUT2D eigenvalue weighted by molar-refractivity contribution is 6.42. The van der Waals surface area contributed by atoms with Gasteiger partial charge in [0.25, 0.3) is 5.91 Å². The van der Waals surface area contributed by atoms with Crippen molar-refractivity contribution in [1.82, 2.24) is 15.2 Å². The molecule has 1 atom stereocenters. The van der Waals surface area contributed by atoms with Gasteiger partial charge < -0.3 is 15.0 Å². The fraction of sp³-hybridized carbons (Fsp3) is 0.333. The minimum atomic E-state index is -0.0141. The quantitative estimate of drug-likeness (QED) is 0.720. The van der Waals surface area contributed by atoms with Gasteiger partial charge in [-0.05, 0) is 38.1 Å². The molecular formula is C18H21Cl4N3O2. The lowest BCUT2D eigenvalue weighted by molar-refractivity contribution is 0.0697. The Bertz CT molecular complexity index is 759. The maximum atomic E-state index is 12.6. The third-order valence-electron chi connectivity index (χ3n) is 4.23. The molecule has 0 spiro atoms. The number of pyridine rings is 1. The SMILES string of the molecule is CNC1CCCN(C(=O)c2ccc(Oc3cccc(Cl)c3Cl)nc2)C1.Cl.Cl. The lowest BCUT2D eigenvalue weighted by Crippen LogP contribution is -2.46. The van der Waals surface area contributed by atoms with Gasteiger partial charge in [0.2, 0.25) is 5.88 Å². The fourth-order valence-corrected chi connectivity index (χ4v) is 3.15. The van der Waals surface area contributed by atoms with Gasteiger partial charge in [0, 0.05) is 31.4 Å². The number of likely N-dealkylation sites (tertiary alicyclic amines) is 1. The minimum absolute atomic E-state index is 0. The van der Waals surface area contributed by atoms with Gasteiger partial charge >= 0.3 is 0 Å². The Labute approximate surface area is 181 Å². The summed E-state index contributed by atoms with van der Waals surface area (Å²) >= 11 is 12.1. The molecule has 1 aliphatic rings. The van der Waals surface area contributed by atoms with Crippen LogP contribution in [-0.2, 0) is 0 Å². The van der Waals surface area contributed by atoms with E-state index in [0.717, 1.165) is 19.4 Å². The zero-order valence-electron chi connectivity index (χ0n) is 14.7. The second-order valence-electron chi connectivity index (χ2n) is 5.92. The van der Waals surface area contributed by atoms with E-state index in [9.17, 15) is 4.79 Å². The highest BCUT2D eigenvalue weighted by Gasteiger charge is 2.23. The summed E-state index contributed by atoms with van der Waals surface area (Å²) in [5.41, 5.74) is 0.543. The number of nitrogens with zero attached hydrogens (tertiary/aromatic N) is 2. The van der Waals surface area contributed by atoms with E-state index in [1.807, 2.05) is 11.9 Å². The topological polar surface area (TPSA) is 54.5 Å². The van der Waals surface area contributed by atoms with Crippen LogP contribution in [-0.4, -0.2) is 42.0 Å². The Kier molecular flexibility index (Phi) is 9.63. The zero-order valence-corrected chi connectivity index (χ0v) is 17.8. The molecule has 0 radical (unpaired) electrons. The molecule has 27 heavy (non-hydrogen) atoms. The van der Waals surface area contributed by atoms with Crippen molar-refractivity contribution in [3.63, 3.8) is 0 Å². The number of aromatic nitrogens is 1. The monoisotopic (exact) mass is 451 g/mol. The van der Waals surface area contributed by atoms with Gasteiger partial charge in [0.05, 0.1) is 10.6 Å². The second kappa shape index (κ2) is 10.9. The molecular weight excluding hydrogens is 432 g/mol. The molecule has 0 saturated carbocycles. The van der Waals surface area contributed by atoms with E-state index < -0.39 is 0 Å². The van der Waals surface area contributed by atoms with E-state index in [-0.39, 0.29) is 30.7 Å². The largest absolute Gasteiger partial charge is 0.437 e. The van der Waals surface area contributed by atoms with E-state index in [4.69, 9.17) is 27.9 Å². The maximum Gasteiger partial charge on any atom is 0.255 e. The van der Waals surface area contributed by atoms with Crippen LogP contribution in [0.5, 0.6) is 11.6 Å². The van der Waals surface area contributed by atoms with Crippen molar-refractivity contribution < 1.29 is 9.53 Å². The summed E-state index contributed by atoms with van der Waals surface area (Å²) in [6.07, 6.45) is 3.62. The Morgan fingerprint density at radius 3 is 2.70 bits per heavy atom. The van der Waals surface area contributed by atoms with Crippen LogP contribution < -0.4 is 10.1 Å². The number of hydrogen-bond acceptors (Lipinski definition) is 4. The Hall–Kier alpha value is -1.24. The molecule has 1 aromatic heterocycles. The summed E-state index contributed by atoms with van der Waals surface area (Å²) in [6, 6.07) is 8.86. The fourth-order valence-electron chi connectivity index (χ4n) is 2.82. The first-order chi connectivity index (χ1) is 12.1. The first kappa shape index (κ1) is 23.8. The minimum Gasteiger partial charge on any atom is -0.437 e. The number of carbonyl (C=O) groups excluding carboxylic acids is 1. The molecule has 1 aromatic carbocycles. The molecule has 148 valence electrons. The third-order valence-corrected chi connectivity index (χ3v) is 5.03. The Morgan fingerprint density at radius 2 is 2.04 bits per heavy atom. The van der Waals surface area contributed by atoms with Gasteiger partial charge in [0.15, 0.2) is 0 Å². The van der Waals surface area contributed by atoms with E-state index in [1.165, 1.54) is 6.20 Å². The normalized spacial score (nSPS) is 16.1. The molecule has 2 heterocycles. The number of benzene rings is 1. The van der Waals surface area contributed by atoms with Crippen LogP contribution in [0.1, 0.15) is 23.2 Å². The van der Waals surface area contributed by atoms with Gasteiger partial charge in [-0.3, -0.25) is 4.79 Å². The number of nitrogens with one attached hydrogen (secondary N) is 1. The molecule has 1 aliphatic heterocycles. The first-order valence-electron chi connectivity index (χ1n) is 8.13. The van der Waals surface area contributed by atoms with Crippen LogP contribution in [0.4, 0.5) is 0 Å². The predicted molar refractivity (Wildman–Crippen MR) is 113 cm³/mol. The van der Waals surface area contributed by atoms with Crippen LogP contribution in [0.2, 0.25) is 10.0 Å².